The predicted octanol–water partition coefficient (Wildman–Crippen LogP) is 0.229. The first-order chi connectivity index (χ1) is 17.4. The Bertz CT molecular complexity index is 1060. The van der Waals surface area contributed by atoms with Gasteiger partial charge in [-0.15, -0.1) is 0 Å². The molecule has 0 aliphatic carbocycles. The highest BCUT2D eigenvalue weighted by Gasteiger charge is 2.49. The van der Waals surface area contributed by atoms with E-state index in [0.29, 0.717) is 5.56 Å². The number of carbonyl (C=O) groups excluding carboxylic acids is 5. The van der Waals surface area contributed by atoms with Crippen molar-refractivity contribution in [1.29, 1.82) is 0 Å². The minimum Gasteiger partial charge on any atom is -0.493 e. The van der Waals surface area contributed by atoms with Crippen LogP contribution in [0.5, 0.6) is 11.5 Å². The molecule has 1 fully saturated rings. The summed E-state index contributed by atoms with van der Waals surface area (Å²) in [5.41, 5.74) is 6.76. The third-order valence-corrected chi connectivity index (χ3v) is 4.95. The van der Waals surface area contributed by atoms with Gasteiger partial charge in [0.15, 0.2) is 23.7 Å². The topological polar surface area (TPSA) is 179 Å². The molecule has 1 aliphatic rings. The molecule has 13 heteroatoms. The lowest BCUT2D eigenvalue weighted by molar-refractivity contribution is -0.224. The van der Waals surface area contributed by atoms with Crippen LogP contribution in [0.4, 0.5) is 0 Å². The van der Waals surface area contributed by atoms with Crippen molar-refractivity contribution < 1.29 is 52.4 Å². The second kappa shape index (κ2) is 13.4. The summed E-state index contributed by atoms with van der Waals surface area (Å²) in [6.07, 6.45) is -2.04. The van der Waals surface area contributed by atoms with Gasteiger partial charge in [-0.1, -0.05) is 6.07 Å². The van der Waals surface area contributed by atoms with Crippen LogP contribution in [0, 0.1) is 0 Å². The number of benzene rings is 1. The third-order valence-electron chi connectivity index (χ3n) is 4.95. The molecule has 2 rings (SSSR count). The third kappa shape index (κ3) is 8.88. The molecule has 1 aliphatic heterocycles. The number of amides is 1. The highest BCUT2D eigenvalue weighted by molar-refractivity contribution is 5.92. The number of nitrogens with one attached hydrogen (secondary N) is 1. The number of nitrogens with two attached hydrogens (primary N) is 1. The lowest BCUT2D eigenvalue weighted by Gasteiger charge is -2.43. The Hall–Kier alpha value is -3.97. The van der Waals surface area contributed by atoms with Crippen LogP contribution >= 0.6 is 0 Å². The van der Waals surface area contributed by atoms with Crippen LogP contribution in [-0.4, -0.2) is 74.1 Å². The summed E-state index contributed by atoms with van der Waals surface area (Å²) in [5.74, 6) is -2.67. The van der Waals surface area contributed by atoms with E-state index in [0.717, 1.165) is 13.8 Å². The zero-order chi connectivity index (χ0) is 27.7. The number of esters is 4. The summed E-state index contributed by atoms with van der Waals surface area (Å²) in [7, 11) is 1.40. The summed E-state index contributed by atoms with van der Waals surface area (Å²) in [6.45, 7) is 4.37. The molecule has 1 saturated heterocycles. The average Bonchev–Trinajstić information content (AvgIpc) is 2.80. The first-order valence-electron chi connectivity index (χ1n) is 11.1. The van der Waals surface area contributed by atoms with Crippen molar-refractivity contribution in [3.05, 3.63) is 29.8 Å². The molecule has 0 spiro atoms. The summed E-state index contributed by atoms with van der Waals surface area (Å²) >= 11 is 0. The van der Waals surface area contributed by atoms with E-state index in [1.165, 1.54) is 39.2 Å². The number of rotatable bonds is 9. The fraction of sp³-hybridized carbons (Fsp3) is 0.458. The minimum atomic E-state index is -1.21. The van der Waals surface area contributed by atoms with Gasteiger partial charge in [-0.05, 0) is 23.8 Å². The standard InChI is InChI=1S/C24H30N2O11/c1-12(27)33-11-19-22(35-14(3)29)23(36-15(4)30)21(25)24(37-19)26-20(31)9-7-16-6-8-17(34-13(2)28)18(10-16)32-5/h6-10,19,21-24H,11,25H2,1-5H3,(H,26,31)/b9-7+/t19-,21-,22+,23-,24-/m1/s1. The van der Waals surface area contributed by atoms with Crippen molar-refractivity contribution in [3.63, 3.8) is 0 Å². The quantitative estimate of drug-likeness (QED) is 0.195. The Balaban J connectivity index is 2.21. The van der Waals surface area contributed by atoms with E-state index in [2.05, 4.69) is 5.32 Å². The molecule has 0 radical (unpaired) electrons. The molecule has 1 amide bonds. The van der Waals surface area contributed by atoms with Gasteiger partial charge in [0.25, 0.3) is 0 Å². The number of hydrogen-bond donors (Lipinski definition) is 2. The van der Waals surface area contributed by atoms with Crippen molar-refractivity contribution in [1.82, 2.24) is 5.32 Å². The van der Waals surface area contributed by atoms with E-state index in [1.807, 2.05) is 0 Å². The number of carbonyl (C=O) groups is 5. The largest absolute Gasteiger partial charge is 0.493 e. The molecule has 0 saturated carbocycles. The van der Waals surface area contributed by atoms with Gasteiger partial charge in [-0.3, -0.25) is 24.0 Å². The van der Waals surface area contributed by atoms with Gasteiger partial charge in [0.2, 0.25) is 5.91 Å². The lowest BCUT2D eigenvalue weighted by Crippen LogP contribution is -2.68. The van der Waals surface area contributed by atoms with Gasteiger partial charge in [0, 0.05) is 33.8 Å². The Morgan fingerprint density at radius 1 is 0.946 bits per heavy atom. The second-order valence-electron chi connectivity index (χ2n) is 7.97. The van der Waals surface area contributed by atoms with Gasteiger partial charge in [-0.2, -0.15) is 0 Å². The summed E-state index contributed by atoms with van der Waals surface area (Å²) in [5, 5.41) is 2.55. The molecular formula is C24H30N2O11. The highest BCUT2D eigenvalue weighted by Crippen LogP contribution is 2.29. The fourth-order valence-corrected chi connectivity index (χ4v) is 3.48. The normalized spacial score (nSPS) is 23.0. The van der Waals surface area contributed by atoms with Crippen LogP contribution in [0.15, 0.2) is 24.3 Å². The van der Waals surface area contributed by atoms with Crippen LogP contribution in [0.25, 0.3) is 6.08 Å². The van der Waals surface area contributed by atoms with E-state index in [-0.39, 0.29) is 18.1 Å². The van der Waals surface area contributed by atoms with Crippen molar-refractivity contribution in [2.75, 3.05) is 13.7 Å². The SMILES string of the molecule is COc1cc(/C=C/C(=O)N[C@@H]2O[C@H](COC(C)=O)[C@H](OC(C)=O)[C@H](OC(C)=O)[C@H]2N)ccc1OC(C)=O. The zero-order valence-electron chi connectivity index (χ0n) is 21.0. The molecule has 3 N–H and O–H groups in total. The van der Waals surface area contributed by atoms with Crippen LogP contribution in [-0.2, 0) is 42.9 Å². The smallest absolute Gasteiger partial charge is 0.308 e. The minimum absolute atomic E-state index is 0.218. The number of methoxy groups -OCH3 is 1. The molecular weight excluding hydrogens is 492 g/mol. The molecule has 0 unspecified atom stereocenters. The second-order valence-corrected chi connectivity index (χ2v) is 7.97. The van der Waals surface area contributed by atoms with Crippen LogP contribution < -0.4 is 20.5 Å². The molecule has 5 atom stereocenters. The lowest BCUT2D eigenvalue weighted by atomic mass is 9.96. The van der Waals surface area contributed by atoms with Gasteiger partial charge in [-0.25, -0.2) is 0 Å². The van der Waals surface area contributed by atoms with E-state index >= 15 is 0 Å². The van der Waals surface area contributed by atoms with E-state index < -0.39 is 60.4 Å². The Labute approximate surface area is 213 Å². The molecule has 0 aromatic heterocycles. The Morgan fingerprint density at radius 3 is 2.16 bits per heavy atom. The Morgan fingerprint density at radius 2 is 1.59 bits per heavy atom. The van der Waals surface area contributed by atoms with Gasteiger partial charge in [0.05, 0.1) is 13.2 Å². The molecule has 202 valence electrons. The molecule has 0 bridgehead atoms. The monoisotopic (exact) mass is 522 g/mol. The Kier molecular flexibility index (Phi) is 10.6. The first-order valence-corrected chi connectivity index (χ1v) is 11.1. The number of hydrogen-bond acceptors (Lipinski definition) is 12. The summed E-state index contributed by atoms with van der Waals surface area (Å²) in [4.78, 5) is 58.5. The molecule has 1 aromatic carbocycles. The maximum atomic E-state index is 12.6. The summed E-state index contributed by atoms with van der Waals surface area (Å²) in [6, 6.07) is 3.53. The molecule has 37 heavy (non-hydrogen) atoms. The number of ether oxygens (including phenoxy) is 6. The molecule has 13 nitrogen and oxygen atoms in total. The van der Waals surface area contributed by atoms with Crippen molar-refractivity contribution in [2.24, 2.45) is 5.73 Å². The van der Waals surface area contributed by atoms with Gasteiger partial charge in [0.1, 0.15) is 18.9 Å². The summed E-state index contributed by atoms with van der Waals surface area (Å²) < 4.78 is 31.5. The van der Waals surface area contributed by atoms with E-state index in [1.54, 1.807) is 12.1 Å². The van der Waals surface area contributed by atoms with E-state index in [9.17, 15) is 24.0 Å². The molecule has 1 aromatic rings. The molecule has 1 heterocycles. The predicted molar refractivity (Wildman–Crippen MR) is 126 cm³/mol. The van der Waals surface area contributed by atoms with Crippen LogP contribution in [0.3, 0.4) is 0 Å². The van der Waals surface area contributed by atoms with Crippen molar-refractivity contribution >= 4 is 35.9 Å². The van der Waals surface area contributed by atoms with E-state index in [4.69, 9.17) is 34.2 Å². The van der Waals surface area contributed by atoms with Gasteiger partial charge < -0.3 is 39.5 Å². The van der Waals surface area contributed by atoms with Gasteiger partial charge >= 0.3 is 23.9 Å². The maximum absolute atomic E-state index is 12.6. The van der Waals surface area contributed by atoms with Crippen molar-refractivity contribution in [3.8, 4) is 11.5 Å². The van der Waals surface area contributed by atoms with Crippen LogP contribution in [0.2, 0.25) is 0 Å². The maximum Gasteiger partial charge on any atom is 0.308 e. The van der Waals surface area contributed by atoms with Crippen molar-refractivity contribution in [2.45, 2.75) is 58.3 Å². The van der Waals surface area contributed by atoms with Crippen LogP contribution in [0.1, 0.15) is 33.3 Å². The highest BCUT2D eigenvalue weighted by atomic mass is 16.6. The zero-order valence-corrected chi connectivity index (χ0v) is 21.0. The first kappa shape index (κ1) is 29.3. The average molecular weight is 523 g/mol. The fourth-order valence-electron chi connectivity index (χ4n) is 3.48.